The normalized spacial score (nSPS) is 12.3. The van der Waals surface area contributed by atoms with Gasteiger partial charge in [-0.25, -0.2) is 4.98 Å². The van der Waals surface area contributed by atoms with Crippen molar-refractivity contribution in [3.8, 4) is 5.75 Å². The van der Waals surface area contributed by atoms with Gasteiger partial charge in [0.05, 0.1) is 11.6 Å². The Morgan fingerprint density at radius 1 is 1.39 bits per heavy atom. The number of carbonyl (C=O) groups excluding carboxylic acids is 1. The highest BCUT2D eigenvalue weighted by Crippen LogP contribution is 2.22. The van der Waals surface area contributed by atoms with Gasteiger partial charge in [-0.3, -0.25) is 4.79 Å². The van der Waals surface area contributed by atoms with Gasteiger partial charge < -0.3 is 9.47 Å². The predicted molar refractivity (Wildman–Crippen MR) is 69.1 cm³/mol. The lowest BCUT2D eigenvalue weighted by Gasteiger charge is -2.13. The molecule has 0 aliphatic rings. The Hall–Kier alpha value is -1.94. The second kappa shape index (κ2) is 5.60. The summed E-state index contributed by atoms with van der Waals surface area (Å²) in [5, 5.41) is 0.947. The van der Waals surface area contributed by atoms with E-state index in [0.29, 0.717) is 24.3 Å². The van der Waals surface area contributed by atoms with Crippen LogP contribution in [0.1, 0.15) is 17.4 Å². The van der Waals surface area contributed by atoms with E-state index < -0.39 is 0 Å². The van der Waals surface area contributed by atoms with E-state index >= 15 is 0 Å². The number of para-hydroxylation sites is 1. The number of aldehydes is 1. The van der Waals surface area contributed by atoms with Crippen molar-refractivity contribution in [1.29, 1.82) is 0 Å². The monoisotopic (exact) mass is 245 g/mol. The molecule has 94 valence electrons. The van der Waals surface area contributed by atoms with Gasteiger partial charge >= 0.3 is 0 Å². The number of hydrogen-bond acceptors (Lipinski definition) is 4. The van der Waals surface area contributed by atoms with Crippen LogP contribution in [-0.4, -0.2) is 31.1 Å². The summed E-state index contributed by atoms with van der Waals surface area (Å²) in [6.07, 6.45) is 0.676. The predicted octanol–water partition coefficient (Wildman–Crippen LogP) is 2.46. The van der Waals surface area contributed by atoms with Crippen LogP contribution >= 0.6 is 0 Å². The van der Waals surface area contributed by atoms with E-state index in [0.717, 1.165) is 10.9 Å². The molecule has 2 aromatic rings. The molecular formula is C14H15NO3. The van der Waals surface area contributed by atoms with E-state index in [9.17, 15) is 4.79 Å². The molecule has 0 saturated carbocycles. The fourth-order valence-corrected chi connectivity index (χ4v) is 1.59. The molecule has 1 heterocycles. The zero-order valence-electron chi connectivity index (χ0n) is 10.4. The van der Waals surface area contributed by atoms with Gasteiger partial charge in [0, 0.05) is 12.5 Å². The largest absolute Gasteiger partial charge is 0.488 e. The van der Waals surface area contributed by atoms with Crippen LogP contribution in [0.3, 0.4) is 0 Å². The number of fused-ring (bicyclic) bond motifs is 1. The third-order valence-electron chi connectivity index (χ3n) is 2.70. The maximum absolute atomic E-state index is 11.0. The van der Waals surface area contributed by atoms with E-state index in [2.05, 4.69) is 4.98 Å². The molecule has 18 heavy (non-hydrogen) atoms. The molecule has 1 aromatic heterocycles. The average Bonchev–Trinajstić information content (AvgIpc) is 2.43. The highest BCUT2D eigenvalue weighted by atomic mass is 16.5. The average molecular weight is 245 g/mol. The van der Waals surface area contributed by atoms with Gasteiger partial charge in [0.1, 0.15) is 18.1 Å². The number of rotatable bonds is 5. The Bertz CT molecular complexity index is 554. The van der Waals surface area contributed by atoms with Gasteiger partial charge in [-0.15, -0.1) is 0 Å². The minimum atomic E-state index is -0.0315. The van der Waals surface area contributed by atoms with E-state index in [1.807, 2.05) is 37.3 Å². The number of aromatic nitrogens is 1. The third-order valence-corrected chi connectivity index (χ3v) is 2.70. The molecular weight excluding hydrogens is 230 g/mol. The second-order valence-corrected chi connectivity index (χ2v) is 4.04. The maximum atomic E-state index is 11.0. The Kier molecular flexibility index (Phi) is 3.89. The minimum Gasteiger partial charge on any atom is -0.488 e. The lowest BCUT2D eigenvalue weighted by Crippen LogP contribution is -2.16. The molecule has 0 aliphatic heterocycles. The van der Waals surface area contributed by atoms with Gasteiger partial charge in [0.25, 0.3) is 0 Å². The van der Waals surface area contributed by atoms with E-state index in [1.165, 1.54) is 0 Å². The van der Waals surface area contributed by atoms with Gasteiger partial charge in [-0.1, -0.05) is 18.2 Å². The number of carbonyl (C=O) groups is 1. The number of methoxy groups -OCH3 is 1. The minimum absolute atomic E-state index is 0.0315. The van der Waals surface area contributed by atoms with Crippen molar-refractivity contribution in [2.75, 3.05) is 13.7 Å². The van der Waals surface area contributed by atoms with Crippen molar-refractivity contribution in [3.05, 3.63) is 36.0 Å². The van der Waals surface area contributed by atoms with Crippen molar-refractivity contribution in [3.63, 3.8) is 0 Å². The van der Waals surface area contributed by atoms with Crippen molar-refractivity contribution < 1.29 is 14.3 Å². The molecule has 4 nitrogen and oxygen atoms in total. The summed E-state index contributed by atoms with van der Waals surface area (Å²) in [4.78, 5) is 15.3. The topological polar surface area (TPSA) is 48.4 Å². The summed E-state index contributed by atoms with van der Waals surface area (Å²) in [5.41, 5.74) is 1.10. The number of hydrogen-bond donors (Lipinski definition) is 0. The Morgan fingerprint density at radius 3 is 2.89 bits per heavy atom. The first-order chi connectivity index (χ1) is 8.74. The van der Waals surface area contributed by atoms with E-state index in [4.69, 9.17) is 9.47 Å². The van der Waals surface area contributed by atoms with Crippen LogP contribution in [0.4, 0.5) is 0 Å². The van der Waals surface area contributed by atoms with Crippen molar-refractivity contribution >= 4 is 17.2 Å². The first kappa shape index (κ1) is 12.5. The van der Waals surface area contributed by atoms with E-state index in [1.54, 1.807) is 7.11 Å². The highest BCUT2D eigenvalue weighted by Gasteiger charge is 2.09. The van der Waals surface area contributed by atoms with Crippen LogP contribution in [0.25, 0.3) is 10.9 Å². The van der Waals surface area contributed by atoms with Crippen molar-refractivity contribution in [2.45, 2.75) is 13.0 Å². The van der Waals surface area contributed by atoms with Crippen LogP contribution in [0.15, 0.2) is 30.3 Å². The highest BCUT2D eigenvalue weighted by molar-refractivity contribution is 5.86. The molecule has 1 aromatic carbocycles. The molecule has 0 unspecified atom stereocenters. The maximum Gasteiger partial charge on any atom is 0.172 e. The molecule has 0 saturated heterocycles. The molecule has 0 amide bonds. The summed E-state index contributed by atoms with van der Waals surface area (Å²) >= 11 is 0. The fourth-order valence-electron chi connectivity index (χ4n) is 1.59. The first-order valence-electron chi connectivity index (χ1n) is 5.75. The zero-order valence-corrected chi connectivity index (χ0v) is 10.4. The van der Waals surface area contributed by atoms with Crippen molar-refractivity contribution in [2.24, 2.45) is 0 Å². The first-order valence-corrected chi connectivity index (χ1v) is 5.75. The molecule has 0 fully saturated rings. The molecule has 0 aliphatic carbocycles. The lowest BCUT2D eigenvalue weighted by molar-refractivity contribution is 0.0710. The molecule has 0 bridgehead atoms. The standard InChI is InChI=1S/C14H15NO3/c1-10(17-2)9-18-14-7-11-5-3-4-6-12(11)15-13(14)8-16/h3-8,10H,9H2,1-2H3/t10-/m1/s1. The smallest absolute Gasteiger partial charge is 0.172 e. The number of nitrogens with zero attached hydrogens (tertiary/aromatic N) is 1. The fraction of sp³-hybridized carbons (Fsp3) is 0.286. The summed E-state index contributed by atoms with van der Waals surface area (Å²) in [7, 11) is 1.62. The van der Waals surface area contributed by atoms with Crippen molar-refractivity contribution in [1.82, 2.24) is 4.98 Å². The summed E-state index contributed by atoms with van der Waals surface area (Å²) in [5.74, 6) is 0.493. The molecule has 1 atom stereocenters. The van der Waals surface area contributed by atoms with Gasteiger partial charge in [-0.2, -0.15) is 0 Å². The SMILES string of the molecule is CO[C@H](C)COc1cc2ccccc2nc1C=O. The van der Waals surface area contributed by atoms with Gasteiger partial charge in [0.15, 0.2) is 6.29 Å². The van der Waals surface area contributed by atoms with Crippen LogP contribution in [0.2, 0.25) is 0 Å². The van der Waals surface area contributed by atoms with Crippen LogP contribution in [0.5, 0.6) is 5.75 Å². The third kappa shape index (κ3) is 2.65. The molecule has 0 radical (unpaired) electrons. The summed E-state index contributed by atoms with van der Waals surface area (Å²) in [6, 6.07) is 9.44. The number of pyridine rings is 1. The van der Waals surface area contributed by atoms with Gasteiger partial charge in [0.2, 0.25) is 0 Å². The Morgan fingerprint density at radius 2 is 2.17 bits per heavy atom. The molecule has 0 N–H and O–H groups in total. The summed E-state index contributed by atoms with van der Waals surface area (Å²) < 4.78 is 10.7. The number of benzene rings is 1. The van der Waals surface area contributed by atoms with Crippen LogP contribution < -0.4 is 4.74 Å². The van der Waals surface area contributed by atoms with Crippen LogP contribution in [0, 0.1) is 0 Å². The van der Waals surface area contributed by atoms with Gasteiger partial charge in [-0.05, 0) is 19.1 Å². The second-order valence-electron chi connectivity index (χ2n) is 4.04. The zero-order chi connectivity index (χ0) is 13.0. The van der Waals surface area contributed by atoms with Crippen LogP contribution in [-0.2, 0) is 4.74 Å². The Balaban J connectivity index is 2.33. The molecule has 4 heteroatoms. The summed E-state index contributed by atoms with van der Waals surface area (Å²) in [6.45, 7) is 2.28. The Labute approximate surface area is 106 Å². The quantitative estimate of drug-likeness (QED) is 0.759. The molecule has 2 rings (SSSR count). The lowest BCUT2D eigenvalue weighted by atomic mass is 10.2. The molecule has 0 spiro atoms. The van der Waals surface area contributed by atoms with E-state index in [-0.39, 0.29) is 6.10 Å². The number of ether oxygens (including phenoxy) is 2.